The fourth-order valence-corrected chi connectivity index (χ4v) is 4.21. The lowest BCUT2D eigenvalue weighted by molar-refractivity contribution is -0.139. The van der Waals surface area contributed by atoms with Crippen LogP contribution in [0, 0.1) is 0 Å². The predicted octanol–water partition coefficient (Wildman–Crippen LogP) is 3.93. The number of aliphatic carboxylic acids is 1. The number of carbonyl (C=O) groups excluding carboxylic acids is 2. The van der Waals surface area contributed by atoms with E-state index in [9.17, 15) is 19.5 Å². The van der Waals surface area contributed by atoms with Crippen molar-refractivity contribution in [2.45, 2.75) is 24.8 Å². The zero-order valence-electron chi connectivity index (χ0n) is 19.2. The normalized spacial score (nSPS) is 12.8. The molecule has 35 heavy (non-hydrogen) atoms. The molecule has 0 saturated heterocycles. The van der Waals surface area contributed by atoms with Crippen LogP contribution in [0.3, 0.4) is 0 Å². The van der Waals surface area contributed by atoms with E-state index in [4.69, 9.17) is 4.74 Å². The fraction of sp³-hybridized carbons (Fsp3) is 0.231. The Morgan fingerprint density at radius 3 is 2.37 bits per heavy atom. The van der Waals surface area contributed by atoms with E-state index < -0.39 is 24.0 Å². The van der Waals surface area contributed by atoms with Gasteiger partial charge in [0.2, 0.25) is 0 Å². The van der Waals surface area contributed by atoms with Crippen molar-refractivity contribution in [3.05, 3.63) is 84.1 Å². The van der Waals surface area contributed by atoms with Gasteiger partial charge in [-0.2, -0.15) is 5.10 Å². The molecule has 1 unspecified atom stereocenters. The zero-order valence-corrected chi connectivity index (χ0v) is 19.2. The fourth-order valence-electron chi connectivity index (χ4n) is 4.21. The Balaban J connectivity index is 1.39. The molecule has 0 fully saturated rings. The summed E-state index contributed by atoms with van der Waals surface area (Å²) < 4.78 is 6.85. The topological polar surface area (TPSA) is 123 Å². The number of allylic oxidation sites excluding steroid dienone is 1. The van der Waals surface area contributed by atoms with Gasteiger partial charge in [0.1, 0.15) is 18.5 Å². The van der Waals surface area contributed by atoms with Crippen molar-refractivity contribution in [2.75, 3.05) is 11.9 Å². The Labute approximate surface area is 202 Å². The van der Waals surface area contributed by atoms with Crippen molar-refractivity contribution in [2.24, 2.45) is 7.05 Å². The molecular weight excluding hydrogens is 448 g/mol. The molecule has 1 atom stereocenters. The van der Waals surface area contributed by atoms with Gasteiger partial charge in [0.15, 0.2) is 5.69 Å². The van der Waals surface area contributed by atoms with E-state index >= 15 is 0 Å². The molecule has 1 heterocycles. The van der Waals surface area contributed by atoms with Crippen molar-refractivity contribution in [1.82, 2.24) is 15.1 Å². The highest BCUT2D eigenvalue weighted by Gasteiger charge is 2.29. The molecule has 3 aromatic rings. The molecule has 2 amide bonds. The second-order valence-corrected chi connectivity index (χ2v) is 8.22. The Kier molecular flexibility index (Phi) is 6.96. The molecule has 0 bridgehead atoms. The second kappa shape index (κ2) is 10.3. The summed E-state index contributed by atoms with van der Waals surface area (Å²) in [5.74, 6) is -1.64. The number of nitrogens with one attached hydrogen (secondary N) is 2. The molecule has 1 aromatic heterocycles. The van der Waals surface area contributed by atoms with Crippen LogP contribution >= 0.6 is 0 Å². The summed E-state index contributed by atoms with van der Waals surface area (Å²) in [4.78, 5) is 36.4. The Hall–Kier alpha value is -4.40. The van der Waals surface area contributed by atoms with Gasteiger partial charge in [0.05, 0.1) is 0 Å². The summed E-state index contributed by atoms with van der Waals surface area (Å²) >= 11 is 0. The van der Waals surface area contributed by atoms with Gasteiger partial charge in [0.25, 0.3) is 5.91 Å². The maximum Gasteiger partial charge on any atom is 0.412 e. The molecular formula is C26H26N4O5. The standard InChI is InChI=1S/C26H26N4O5/c1-3-4-13-21(25(32)33)27-24(31)22-14-23(30(2)29-22)28-26(34)35-15-20-18-11-7-5-9-16(18)17-10-6-8-12-19(17)20/h3,5-12,14,20-21H,1,4,13,15H2,2H3,(H,27,31)(H,28,34)(H,32,33). The molecule has 0 saturated carbocycles. The summed E-state index contributed by atoms with van der Waals surface area (Å²) in [6.45, 7) is 3.71. The molecule has 4 rings (SSSR count). The van der Waals surface area contributed by atoms with Gasteiger partial charge >= 0.3 is 12.1 Å². The van der Waals surface area contributed by atoms with Crippen LogP contribution in [0.2, 0.25) is 0 Å². The SMILES string of the molecule is C=CCCC(NC(=O)c1cc(NC(=O)OCC2c3ccccc3-c3ccccc32)n(C)n1)C(=O)O. The van der Waals surface area contributed by atoms with Gasteiger partial charge in [-0.15, -0.1) is 6.58 Å². The smallest absolute Gasteiger partial charge is 0.412 e. The van der Waals surface area contributed by atoms with Crippen LogP contribution in [0.5, 0.6) is 0 Å². The number of aryl methyl sites for hydroxylation is 1. The molecule has 2 aromatic carbocycles. The minimum atomic E-state index is -1.15. The largest absolute Gasteiger partial charge is 0.480 e. The van der Waals surface area contributed by atoms with E-state index in [0.29, 0.717) is 6.42 Å². The first-order chi connectivity index (χ1) is 16.9. The number of carboxylic acids is 1. The van der Waals surface area contributed by atoms with Crippen molar-refractivity contribution < 1.29 is 24.2 Å². The van der Waals surface area contributed by atoms with E-state index in [2.05, 4.69) is 34.4 Å². The average molecular weight is 475 g/mol. The summed E-state index contributed by atoms with van der Waals surface area (Å²) in [5, 5.41) is 18.4. The number of nitrogens with zero attached hydrogens (tertiary/aromatic N) is 2. The number of carboxylic acid groups (broad SMARTS) is 1. The van der Waals surface area contributed by atoms with Crippen molar-refractivity contribution in [3.8, 4) is 11.1 Å². The molecule has 1 aliphatic rings. The number of amides is 2. The summed E-state index contributed by atoms with van der Waals surface area (Å²) in [6.07, 6.45) is 1.55. The van der Waals surface area contributed by atoms with E-state index in [-0.39, 0.29) is 30.5 Å². The maximum atomic E-state index is 12.5. The second-order valence-electron chi connectivity index (χ2n) is 8.22. The van der Waals surface area contributed by atoms with Crippen LogP contribution in [0.4, 0.5) is 10.6 Å². The Morgan fingerprint density at radius 1 is 1.14 bits per heavy atom. The minimum absolute atomic E-state index is 0.0219. The number of ether oxygens (including phenoxy) is 1. The van der Waals surface area contributed by atoms with E-state index in [1.165, 1.54) is 10.7 Å². The quantitative estimate of drug-likeness (QED) is 0.404. The zero-order chi connectivity index (χ0) is 24.9. The third kappa shape index (κ3) is 5.08. The third-order valence-electron chi connectivity index (χ3n) is 5.95. The number of rotatable bonds is 9. The van der Waals surface area contributed by atoms with Crippen molar-refractivity contribution in [3.63, 3.8) is 0 Å². The van der Waals surface area contributed by atoms with Crippen LogP contribution in [-0.4, -0.2) is 45.5 Å². The molecule has 9 nitrogen and oxygen atoms in total. The summed E-state index contributed by atoms with van der Waals surface area (Å²) in [5.41, 5.74) is 4.45. The van der Waals surface area contributed by atoms with Crippen molar-refractivity contribution in [1.29, 1.82) is 0 Å². The van der Waals surface area contributed by atoms with Crippen molar-refractivity contribution >= 4 is 23.8 Å². The number of aromatic nitrogens is 2. The monoisotopic (exact) mass is 474 g/mol. The lowest BCUT2D eigenvalue weighted by Gasteiger charge is -2.14. The van der Waals surface area contributed by atoms with Gasteiger partial charge in [-0.3, -0.25) is 14.8 Å². The van der Waals surface area contributed by atoms with Gasteiger partial charge in [-0.1, -0.05) is 54.6 Å². The minimum Gasteiger partial charge on any atom is -0.480 e. The molecule has 0 radical (unpaired) electrons. The average Bonchev–Trinajstić information content (AvgIpc) is 3.37. The van der Waals surface area contributed by atoms with E-state index in [1.807, 2.05) is 36.4 Å². The van der Waals surface area contributed by atoms with Crippen LogP contribution in [0.15, 0.2) is 67.3 Å². The Bertz CT molecular complexity index is 1240. The molecule has 1 aliphatic carbocycles. The number of hydrogen-bond donors (Lipinski definition) is 3. The highest BCUT2D eigenvalue weighted by Crippen LogP contribution is 2.44. The van der Waals surface area contributed by atoms with Crippen LogP contribution < -0.4 is 10.6 Å². The Morgan fingerprint density at radius 2 is 1.77 bits per heavy atom. The predicted molar refractivity (Wildman–Crippen MR) is 130 cm³/mol. The summed E-state index contributed by atoms with van der Waals surface area (Å²) in [6, 6.07) is 16.4. The van der Waals surface area contributed by atoms with Gasteiger partial charge in [-0.25, -0.2) is 9.59 Å². The molecule has 9 heteroatoms. The van der Waals surface area contributed by atoms with E-state index in [0.717, 1.165) is 22.3 Å². The molecule has 180 valence electrons. The lowest BCUT2D eigenvalue weighted by Crippen LogP contribution is -2.40. The van der Waals surface area contributed by atoms with Gasteiger partial charge in [0, 0.05) is 19.0 Å². The van der Waals surface area contributed by atoms with Crippen LogP contribution in [0.1, 0.15) is 40.4 Å². The first kappa shape index (κ1) is 23.7. The molecule has 3 N–H and O–H groups in total. The molecule has 0 aliphatic heterocycles. The first-order valence-electron chi connectivity index (χ1n) is 11.2. The van der Waals surface area contributed by atoms with Crippen LogP contribution in [-0.2, 0) is 16.6 Å². The highest BCUT2D eigenvalue weighted by molar-refractivity contribution is 5.96. The van der Waals surface area contributed by atoms with Crippen LogP contribution in [0.25, 0.3) is 11.1 Å². The van der Waals surface area contributed by atoms with E-state index in [1.54, 1.807) is 13.1 Å². The number of carbonyl (C=O) groups is 3. The molecule has 0 spiro atoms. The van der Waals surface area contributed by atoms with Gasteiger partial charge < -0.3 is 15.2 Å². The maximum absolute atomic E-state index is 12.5. The number of benzene rings is 2. The highest BCUT2D eigenvalue weighted by atomic mass is 16.5. The van der Waals surface area contributed by atoms with Gasteiger partial charge in [-0.05, 0) is 35.1 Å². The third-order valence-corrected chi connectivity index (χ3v) is 5.95. The lowest BCUT2D eigenvalue weighted by atomic mass is 9.98. The summed E-state index contributed by atoms with van der Waals surface area (Å²) in [7, 11) is 1.56. The number of anilines is 1. The number of hydrogen-bond acceptors (Lipinski definition) is 5. The number of fused-ring (bicyclic) bond motifs is 3. The first-order valence-corrected chi connectivity index (χ1v) is 11.2.